The average molecular weight is 284 g/mol. The summed E-state index contributed by atoms with van der Waals surface area (Å²) in [5, 5.41) is 5.31. The molecule has 0 aliphatic rings. The van der Waals surface area contributed by atoms with Crippen molar-refractivity contribution in [2.75, 3.05) is 12.3 Å². The Morgan fingerprint density at radius 1 is 1.58 bits per heavy atom. The van der Waals surface area contributed by atoms with Gasteiger partial charge in [-0.05, 0) is 20.8 Å². The number of nitrogen functional groups attached to an aromatic ring is 1. The first-order chi connectivity index (χ1) is 8.81. The van der Waals surface area contributed by atoms with E-state index in [0.29, 0.717) is 5.13 Å². The van der Waals surface area contributed by atoms with E-state index in [4.69, 9.17) is 15.3 Å². The number of thiazole rings is 1. The first-order valence-electron chi connectivity index (χ1n) is 5.33. The Hall–Kier alpha value is -1.96. The van der Waals surface area contributed by atoms with Gasteiger partial charge >= 0.3 is 5.97 Å². The van der Waals surface area contributed by atoms with E-state index < -0.39 is 18.2 Å². The van der Waals surface area contributed by atoms with E-state index in [1.165, 1.54) is 5.38 Å². The smallest absolute Gasteiger partial charge is 0.347 e. The normalized spacial score (nSPS) is 12.1. The lowest BCUT2D eigenvalue weighted by Gasteiger charge is -2.18. The Bertz CT molecular complexity index is 490. The van der Waals surface area contributed by atoms with E-state index in [2.05, 4.69) is 10.1 Å². The van der Waals surface area contributed by atoms with Crippen molar-refractivity contribution in [3.05, 3.63) is 11.1 Å². The van der Waals surface area contributed by atoms with Crippen molar-refractivity contribution in [2.45, 2.75) is 26.4 Å². The first kappa shape index (κ1) is 15.1. The minimum atomic E-state index is -0.604. The van der Waals surface area contributed by atoms with Crippen LogP contribution >= 0.6 is 11.3 Å². The summed E-state index contributed by atoms with van der Waals surface area (Å²) in [6.45, 7) is 4.80. The molecule has 7 nitrogen and oxygen atoms in total. The number of nitrogens with two attached hydrogens (primary N) is 1. The highest BCUT2D eigenvalue weighted by molar-refractivity contribution is 7.13. The molecule has 19 heavy (non-hydrogen) atoms. The van der Waals surface area contributed by atoms with E-state index in [9.17, 15) is 9.59 Å². The quantitative estimate of drug-likeness (QED) is 0.489. The Kier molecular flexibility index (Phi) is 4.99. The number of anilines is 1. The number of esters is 1. The van der Waals surface area contributed by atoms with Gasteiger partial charge in [-0.25, -0.2) is 9.78 Å². The number of rotatable bonds is 5. The third-order valence-corrected chi connectivity index (χ3v) is 2.29. The molecule has 1 heterocycles. The number of ether oxygens (including phenoxy) is 1. The molecular weight excluding hydrogens is 270 g/mol. The van der Waals surface area contributed by atoms with Crippen molar-refractivity contribution in [1.82, 2.24) is 4.98 Å². The van der Waals surface area contributed by atoms with Crippen LogP contribution in [0.3, 0.4) is 0 Å². The number of hydrogen-bond donors (Lipinski definition) is 1. The molecule has 0 aliphatic carbocycles. The average Bonchev–Trinajstić information content (AvgIpc) is 2.68. The third-order valence-electron chi connectivity index (χ3n) is 1.62. The number of carbonyl (C=O) groups is 1. The Balaban J connectivity index is 2.55. The van der Waals surface area contributed by atoms with Gasteiger partial charge in [-0.1, -0.05) is 5.16 Å². The van der Waals surface area contributed by atoms with Gasteiger partial charge in [-0.3, -0.25) is 4.79 Å². The van der Waals surface area contributed by atoms with Crippen LogP contribution in [0.1, 0.15) is 26.5 Å². The van der Waals surface area contributed by atoms with E-state index in [0.717, 1.165) is 11.3 Å². The van der Waals surface area contributed by atoms with Gasteiger partial charge < -0.3 is 15.3 Å². The van der Waals surface area contributed by atoms with Crippen LogP contribution in [0.4, 0.5) is 5.13 Å². The van der Waals surface area contributed by atoms with Crippen LogP contribution in [-0.4, -0.2) is 35.2 Å². The standard InChI is InChI=1S/C11H14N3O4S/c1-11(2,3)18-9(16)5-17-14-7(4-15)8-6-19-10(12)13-8/h6H,5H2,1-3H3,(H2,12,13)/b14-7-. The van der Waals surface area contributed by atoms with Crippen molar-refractivity contribution in [1.29, 1.82) is 0 Å². The van der Waals surface area contributed by atoms with Crippen LogP contribution in [0.15, 0.2) is 10.5 Å². The maximum Gasteiger partial charge on any atom is 0.347 e. The molecule has 1 aromatic rings. The lowest BCUT2D eigenvalue weighted by molar-refractivity contribution is -0.160. The first-order valence-corrected chi connectivity index (χ1v) is 6.21. The molecule has 0 aromatic carbocycles. The van der Waals surface area contributed by atoms with Gasteiger partial charge in [-0.15, -0.1) is 11.3 Å². The summed E-state index contributed by atoms with van der Waals surface area (Å²) >= 11 is 1.16. The van der Waals surface area contributed by atoms with Crippen LogP contribution in [-0.2, 0) is 19.2 Å². The summed E-state index contributed by atoms with van der Waals surface area (Å²) < 4.78 is 5.00. The Morgan fingerprint density at radius 2 is 2.26 bits per heavy atom. The highest BCUT2D eigenvalue weighted by atomic mass is 32.1. The second kappa shape index (κ2) is 6.28. The SMILES string of the molecule is CC(C)(C)OC(=O)CO/N=C(/[C]=O)c1csc(N)n1. The lowest BCUT2D eigenvalue weighted by atomic mass is 10.2. The molecule has 0 amide bonds. The molecule has 0 atom stereocenters. The summed E-state index contributed by atoms with van der Waals surface area (Å²) in [7, 11) is 0. The van der Waals surface area contributed by atoms with Crippen LogP contribution in [0.2, 0.25) is 0 Å². The molecule has 0 aliphatic heterocycles. The van der Waals surface area contributed by atoms with Crippen LogP contribution < -0.4 is 5.73 Å². The molecule has 1 rings (SSSR count). The van der Waals surface area contributed by atoms with Gasteiger partial charge in [-0.2, -0.15) is 0 Å². The van der Waals surface area contributed by atoms with Crippen molar-refractivity contribution in [3.63, 3.8) is 0 Å². The number of nitrogens with zero attached hydrogens (tertiary/aromatic N) is 2. The fraction of sp³-hybridized carbons (Fsp3) is 0.455. The van der Waals surface area contributed by atoms with Gasteiger partial charge in [0, 0.05) is 5.38 Å². The highest BCUT2D eigenvalue weighted by Gasteiger charge is 2.17. The van der Waals surface area contributed by atoms with E-state index in [1.807, 2.05) is 0 Å². The minimum Gasteiger partial charge on any atom is -0.457 e. The molecule has 103 valence electrons. The lowest BCUT2D eigenvalue weighted by Crippen LogP contribution is -2.26. The molecule has 0 saturated carbocycles. The molecule has 8 heteroatoms. The van der Waals surface area contributed by atoms with Gasteiger partial charge in [0.05, 0.1) is 0 Å². The molecule has 0 spiro atoms. The Morgan fingerprint density at radius 3 is 2.74 bits per heavy atom. The van der Waals surface area contributed by atoms with Crippen LogP contribution in [0, 0.1) is 0 Å². The maximum absolute atomic E-state index is 11.3. The summed E-state index contributed by atoms with van der Waals surface area (Å²) in [4.78, 5) is 30.6. The largest absolute Gasteiger partial charge is 0.457 e. The topological polar surface area (TPSA) is 104 Å². The number of hydrogen-bond acceptors (Lipinski definition) is 8. The number of carbonyl (C=O) groups excluding carboxylic acids is 2. The van der Waals surface area contributed by atoms with Crippen molar-refractivity contribution in [2.24, 2.45) is 5.16 Å². The van der Waals surface area contributed by atoms with E-state index >= 15 is 0 Å². The van der Waals surface area contributed by atoms with Gasteiger partial charge in [0.25, 0.3) is 6.29 Å². The van der Waals surface area contributed by atoms with E-state index in [-0.39, 0.29) is 11.4 Å². The number of oxime groups is 1. The summed E-state index contributed by atoms with van der Waals surface area (Å²) in [5.41, 5.74) is 4.92. The van der Waals surface area contributed by atoms with Crippen molar-refractivity contribution < 1.29 is 19.2 Å². The zero-order valence-electron chi connectivity index (χ0n) is 10.8. The second-order valence-corrected chi connectivity index (χ2v) is 5.36. The molecule has 0 fully saturated rings. The molecule has 2 N–H and O–H groups in total. The molecule has 0 bridgehead atoms. The van der Waals surface area contributed by atoms with Crippen molar-refractivity contribution in [3.8, 4) is 0 Å². The molecule has 0 unspecified atom stereocenters. The molecular formula is C11H14N3O4S. The predicted molar refractivity (Wildman–Crippen MR) is 70.6 cm³/mol. The van der Waals surface area contributed by atoms with Gasteiger partial charge in [0.15, 0.2) is 10.8 Å². The zero-order valence-corrected chi connectivity index (χ0v) is 11.6. The molecule has 0 saturated heterocycles. The van der Waals surface area contributed by atoms with E-state index in [1.54, 1.807) is 27.1 Å². The number of aromatic nitrogens is 1. The monoisotopic (exact) mass is 284 g/mol. The maximum atomic E-state index is 11.3. The van der Waals surface area contributed by atoms with Gasteiger partial charge in [0.1, 0.15) is 11.3 Å². The Labute approximate surface area is 114 Å². The fourth-order valence-corrected chi connectivity index (χ4v) is 1.58. The minimum absolute atomic E-state index is 0.156. The zero-order chi connectivity index (χ0) is 14.5. The second-order valence-electron chi connectivity index (χ2n) is 4.47. The van der Waals surface area contributed by atoms with Crippen molar-refractivity contribution >= 4 is 34.4 Å². The molecule has 1 aromatic heterocycles. The predicted octanol–water partition coefficient (Wildman–Crippen LogP) is 0.897. The summed E-state index contributed by atoms with van der Waals surface area (Å²) in [6.07, 6.45) is 1.57. The fourth-order valence-electron chi connectivity index (χ4n) is 1.03. The molecule has 1 radical (unpaired) electrons. The summed E-state index contributed by atoms with van der Waals surface area (Å²) in [6, 6.07) is 0. The third kappa shape index (κ3) is 5.47. The summed E-state index contributed by atoms with van der Waals surface area (Å²) in [5.74, 6) is -0.584. The van der Waals surface area contributed by atoms with Crippen LogP contribution in [0.5, 0.6) is 0 Å². The highest BCUT2D eigenvalue weighted by Crippen LogP contribution is 2.11. The van der Waals surface area contributed by atoms with Gasteiger partial charge in [0.2, 0.25) is 6.61 Å². The van der Waals surface area contributed by atoms with Crippen LogP contribution in [0.25, 0.3) is 0 Å².